The van der Waals surface area contributed by atoms with Crippen molar-refractivity contribution in [3.8, 4) is 28.3 Å². The number of nitrogens with zero attached hydrogens (tertiary/aromatic N) is 5. The molecule has 3 N–H and O–H groups in total. The van der Waals surface area contributed by atoms with Crippen molar-refractivity contribution in [2.75, 3.05) is 5.73 Å². The Morgan fingerprint density at radius 3 is 2.49 bits per heavy atom. The highest BCUT2D eigenvalue weighted by Gasteiger charge is 2.29. The average Bonchev–Trinajstić information content (AvgIpc) is 3.32. The first-order valence-corrected chi connectivity index (χ1v) is 11.1. The quantitative estimate of drug-likeness (QED) is 0.346. The third kappa shape index (κ3) is 5.37. The van der Waals surface area contributed by atoms with Gasteiger partial charge in [-0.2, -0.15) is 4.98 Å². The fourth-order valence-corrected chi connectivity index (χ4v) is 3.58. The van der Waals surface area contributed by atoms with Crippen LogP contribution < -0.4 is 10.5 Å². The summed E-state index contributed by atoms with van der Waals surface area (Å²) in [5.41, 5.74) is 6.22. The van der Waals surface area contributed by atoms with Crippen molar-refractivity contribution in [2.24, 2.45) is 0 Å². The zero-order valence-electron chi connectivity index (χ0n) is 20.1. The summed E-state index contributed by atoms with van der Waals surface area (Å²) in [6.45, 7) is 4.47. The van der Waals surface area contributed by atoms with Gasteiger partial charge in [-0.15, -0.1) is 0 Å². The number of anilines is 1. The van der Waals surface area contributed by atoms with Gasteiger partial charge in [0.2, 0.25) is 11.8 Å². The minimum absolute atomic E-state index is 0.0234. The van der Waals surface area contributed by atoms with Gasteiger partial charge in [-0.05, 0) is 62.7 Å². The molecule has 4 rings (SSSR count). The Balaban J connectivity index is 1.82. The number of hydrogen-bond acceptors (Lipinski definition) is 7. The second-order valence-corrected chi connectivity index (χ2v) is 8.77. The molecular formula is C25H23F3N6O3. The fourth-order valence-electron chi connectivity index (χ4n) is 3.58. The maximum atomic E-state index is 13.6. The largest absolute Gasteiger partial charge is 0.480 e. The van der Waals surface area contributed by atoms with Crippen LogP contribution in [0.15, 0.2) is 48.9 Å². The Labute approximate surface area is 209 Å². The van der Waals surface area contributed by atoms with Gasteiger partial charge in [-0.25, -0.2) is 27.9 Å². The van der Waals surface area contributed by atoms with Crippen molar-refractivity contribution in [1.29, 1.82) is 0 Å². The van der Waals surface area contributed by atoms with E-state index in [0.29, 0.717) is 22.5 Å². The van der Waals surface area contributed by atoms with Crippen LogP contribution >= 0.6 is 0 Å². The van der Waals surface area contributed by atoms with Crippen molar-refractivity contribution < 1.29 is 27.8 Å². The lowest BCUT2D eigenvalue weighted by Crippen LogP contribution is -2.34. The van der Waals surface area contributed by atoms with Crippen molar-refractivity contribution >= 4 is 11.9 Å². The normalized spacial score (nSPS) is 11.6. The molecule has 0 aliphatic heterocycles. The van der Waals surface area contributed by atoms with Crippen LogP contribution in [0.3, 0.4) is 0 Å². The summed E-state index contributed by atoms with van der Waals surface area (Å²) >= 11 is 0. The van der Waals surface area contributed by atoms with Gasteiger partial charge in [-0.1, -0.05) is 0 Å². The molecule has 192 valence electrons. The summed E-state index contributed by atoms with van der Waals surface area (Å²) in [6.07, 6.45) is 0.0613. The highest BCUT2D eigenvalue weighted by molar-refractivity contribution is 5.85. The van der Waals surface area contributed by atoms with Gasteiger partial charge in [0.1, 0.15) is 23.7 Å². The molecule has 0 unspecified atom stereocenters. The summed E-state index contributed by atoms with van der Waals surface area (Å²) in [7, 11) is 0. The standard InChI is InChI=1S/C25H23F3N6O3/c1-13-8-15(9-18(31-13)21(27)28)19-20(14-4-6-16(26)7-5-14)32-24(29)33-22(19)37-11-17-10-34(12-30-17)25(2,3)23(35)36/h4-10,12,21H,11H2,1-3H3,(H,35,36)(H2,29,32,33). The first-order chi connectivity index (χ1) is 17.5. The van der Waals surface area contributed by atoms with Crippen LogP contribution in [0.1, 0.15) is 37.4 Å². The number of hydrogen-bond donors (Lipinski definition) is 2. The summed E-state index contributed by atoms with van der Waals surface area (Å²) < 4.78 is 48.1. The number of carboxylic acids is 1. The smallest absolute Gasteiger partial charge is 0.329 e. The first kappa shape index (κ1) is 25.6. The third-order valence-corrected chi connectivity index (χ3v) is 5.66. The Bertz CT molecular complexity index is 1450. The van der Waals surface area contributed by atoms with Crippen LogP contribution in [0.2, 0.25) is 0 Å². The number of ether oxygens (including phenoxy) is 1. The van der Waals surface area contributed by atoms with E-state index >= 15 is 0 Å². The number of imidazole rings is 1. The monoisotopic (exact) mass is 512 g/mol. The van der Waals surface area contributed by atoms with Crippen LogP contribution in [-0.2, 0) is 16.9 Å². The molecule has 0 saturated heterocycles. The fraction of sp³-hybridized carbons (Fsp3) is 0.240. The molecule has 1 aromatic carbocycles. The van der Waals surface area contributed by atoms with E-state index in [-0.39, 0.29) is 29.7 Å². The Morgan fingerprint density at radius 1 is 1.14 bits per heavy atom. The van der Waals surface area contributed by atoms with E-state index in [0.717, 1.165) is 0 Å². The van der Waals surface area contributed by atoms with E-state index < -0.39 is 29.4 Å². The van der Waals surface area contributed by atoms with Crippen LogP contribution in [-0.4, -0.2) is 35.6 Å². The zero-order valence-corrected chi connectivity index (χ0v) is 20.1. The topological polar surface area (TPSA) is 129 Å². The molecule has 0 aliphatic carbocycles. The predicted molar refractivity (Wildman–Crippen MR) is 128 cm³/mol. The molecule has 0 atom stereocenters. The van der Waals surface area contributed by atoms with E-state index in [4.69, 9.17) is 10.5 Å². The molecule has 0 amide bonds. The lowest BCUT2D eigenvalue weighted by atomic mass is 9.99. The summed E-state index contributed by atoms with van der Waals surface area (Å²) in [6, 6.07) is 8.19. The number of alkyl halides is 2. The van der Waals surface area contributed by atoms with E-state index in [2.05, 4.69) is 19.9 Å². The molecule has 0 fully saturated rings. The van der Waals surface area contributed by atoms with Crippen LogP contribution in [0, 0.1) is 12.7 Å². The van der Waals surface area contributed by atoms with Crippen molar-refractivity contribution in [3.05, 3.63) is 71.8 Å². The SMILES string of the molecule is Cc1cc(-c2c(OCc3cn(C(C)(C)C(=O)O)cn3)nc(N)nc2-c2ccc(F)cc2)cc(C(F)F)n1. The highest BCUT2D eigenvalue weighted by atomic mass is 19.3. The molecule has 3 heterocycles. The minimum Gasteiger partial charge on any atom is -0.480 e. The summed E-state index contributed by atoms with van der Waals surface area (Å²) in [4.78, 5) is 28.1. The van der Waals surface area contributed by atoms with Gasteiger partial charge in [-0.3, -0.25) is 4.98 Å². The predicted octanol–water partition coefficient (Wildman–Crippen LogP) is 4.77. The van der Waals surface area contributed by atoms with Gasteiger partial charge >= 0.3 is 5.97 Å². The number of pyridine rings is 1. The summed E-state index contributed by atoms with van der Waals surface area (Å²) in [5, 5.41) is 9.45. The van der Waals surface area contributed by atoms with Crippen molar-refractivity contribution in [3.63, 3.8) is 0 Å². The molecule has 12 heteroatoms. The van der Waals surface area contributed by atoms with Gasteiger partial charge in [0.25, 0.3) is 6.43 Å². The molecule has 4 aromatic rings. The number of carboxylic acid groups (broad SMARTS) is 1. The molecule has 0 bridgehead atoms. The molecule has 9 nitrogen and oxygen atoms in total. The number of aliphatic carboxylic acids is 1. The highest BCUT2D eigenvalue weighted by Crippen LogP contribution is 2.39. The number of aromatic nitrogens is 5. The van der Waals surface area contributed by atoms with E-state index in [1.54, 1.807) is 13.0 Å². The molecule has 0 saturated carbocycles. The lowest BCUT2D eigenvalue weighted by Gasteiger charge is -2.20. The van der Waals surface area contributed by atoms with Crippen molar-refractivity contribution in [2.45, 2.75) is 39.3 Å². The van der Waals surface area contributed by atoms with Crippen LogP contribution in [0.5, 0.6) is 5.88 Å². The minimum atomic E-state index is -2.83. The van der Waals surface area contributed by atoms with Gasteiger partial charge in [0.05, 0.1) is 23.3 Å². The zero-order chi connectivity index (χ0) is 26.9. The molecule has 37 heavy (non-hydrogen) atoms. The van der Waals surface area contributed by atoms with Crippen molar-refractivity contribution in [1.82, 2.24) is 24.5 Å². The molecule has 0 radical (unpaired) electrons. The number of carbonyl (C=O) groups is 1. The van der Waals surface area contributed by atoms with Gasteiger partial charge in [0.15, 0.2) is 0 Å². The number of halogens is 3. The number of nitrogens with two attached hydrogens (primary N) is 1. The average molecular weight is 512 g/mol. The third-order valence-electron chi connectivity index (χ3n) is 5.66. The summed E-state index contributed by atoms with van der Waals surface area (Å²) in [5.74, 6) is -1.70. The van der Waals surface area contributed by atoms with Gasteiger partial charge in [0, 0.05) is 17.5 Å². The molecule has 3 aromatic heterocycles. The Kier molecular flexibility index (Phi) is 6.84. The van der Waals surface area contributed by atoms with Crippen LogP contribution in [0.4, 0.5) is 19.1 Å². The Morgan fingerprint density at radius 2 is 1.84 bits per heavy atom. The maximum Gasteiger partial charge on any atom is 0.329 e. The second kappa shape index (κ2) is 9.88. The Hall–Kier alpha value is -4.48. The van der Waals surface area contributed by atoms with E-state index in [1.807, 2.05) is 0 Å². The molecule has 0 aliphatic rings. The number of benzene rings is 1. The molecular weight excluding hydrogens is 489 g/mol. The second-order valence-electron chi connectivity index (χ2n) is 8.77. The number of nitrogen functional groups attached to an aromatic ring is 1. The number of aryl methyl sites for hydroxylation is 1. The van der Waals surface area contributed by atoms with Crippen LogP contribution in [0.25, 0.3) is 22.4 Å². The maximum absolute atomic E-state index is 13.6. The van der Waals surface area contributed by atoms with Gasteiger partial charge < -0.3 is 20.1 Å². The number of rotatable bonds is 8. The van der Waals surface area contributed by atoms with E-state index in [9.17, 15) is 23.1 Å². The first-order valence-electron chi connectivity index (χ1n) is 11.1. The van der Waals surface area contributed by atoms with E-state index in [1.165, 1.54) is 61.3 Å². The molecule has 0 spiro atoms. The lowest BCUT2D eigenvalue weighted by molar-refractivity contribution is -0.145.